The van der Waals surface area contributed by atoms with E-state index in [1.807, 2.05) is 0 Å². The lowest BCUT2D eigenvalue weighted by molar-refractivity contribution is 0.146. The summed E-state index contributed by atoms with van der Waals surface area (Å²) in [5.74, 6) is 1.41. The van der Waals surface area contributed by atoms with Crippen molar-refractivity contribution in [1.29, 1.82) is 0 Å². The fraction of sp³-hybridized carbons (Fsp3) is 0.800. The highest BCUT2D eigenvalue weighted by molar-refractivity contribution is 5.14. The van der Waals surface area contributed by atoms with E-state index >= 15 is 0 Å². The van der Waals surface area contributed by atoms with Gasteiger partial charge >= 0.3 is 0 Å². The second kappa shape index (κ2) is 3.28. The first-order valence-electron chi connectivity index (χ1n) is 5.19. The Bertz CT molecular complexity index is 343. The first-order chi connectivity index (χ1) is 6.92. The molecule has 1 aromatic heterocycles. The van der Waals surface area contributed by atoms with Crippen LogP contribution in [0.1, 0.15) is 50.9 Å². The molecule has 2 rings (SSSR count). The van der Waals surface area contributed by atoms with Gasteiger partial charge < -0.3 is 15.4 Å². The first-order valence-corrected chi connectivity index (χ1v) is 5.19. The minimum Gasteiger partial charge on any atom is -0.391 e. The Morgan fingerprint density at radius 2 is 2.20 bits per heavy atom. The summed E-state index contributed by atoms with van der Waals surface area (Å²) in [6.07, 6.45) is 0.404. The lowest BCUT2D eigenvalue weighted by atomic mass is 10.1. The summed E-state index contributed by atoms with van der Waals surface area (Å²) in [5.41, 5.74) is 5.97. The first kappa shape index (κ1) is 10.6. The SMILES string of the molecule is CC(O)C(N)c1nc(C2CC2(C)C)no1. The van der Waals surface area contributed by atoms with Gasteiger partial charge in [-0.1, -0.05) is 19.0 Å². The van der Waals surface area contributed by atoms with Crippen LogP contribution < -0.4 is 5.73 Å². The lowest BCUT2D eigenvalue weighted by Crippen LogP contribution is -2.23. The van der Waals surface area contributed by atoms with Gasteiger partial charge in [0.25, 0.3) is 0 Å². The van der Waals surface area contributed by atoms with E-state index in [9.17, 15) is 5.11 Å². The third kappa shape index (κ3) is 1.89. The van der Waals surface area contributed by atoms with E-state index in [1.165, 1.54) is 0 Å². The molecule has 5 heteroatoms. The van der Waals surface area contributed by atoms with Gasteiger partial charge in [0.15, 0.2) is 5.82 Å². The molecule has 1 fully saturated rings. The summed E-state index contributed by atoms with van der Waals surface area (Å²) >= 11 is 0. The average molecular weight is 211 g/mol. The van der Waals surface area contributed by atoms with E-state index < -0.39 is 12.1 Å². The van der Waals surface area contributed by atoms with Crippen LogP contribution in [0.5, 0.6) is 0 Å². The summed E-state index contributed by atoms with van der Waals surface area (Å²) in [5, 5.41) is 13.2. The van der Waals surface area contributed by atoms with Gasteiger partial charge in [-0.3, -0.25) is 0 Å². The molecule has 0 radical (unpaired) electrons. The van der Waals surface area contributed by atoms with Crippen molar-refractivity contribution in [3.63, 3.8) is 0 Å². The molecule has 0 spiro atoms. The maximum atomic E-state index is 9.29. The van der Waals surface area contributed by atoms with Crippen molar-refractivity contribution >= 4 is 0 Å². The quantitative estimate of drug-likeness (QED) is 0.778. The molecule has 0 saturated heterocycles. The smallest absolute Gasteiger partial charge is 0.246 e. The Hall–Kier alpha value is -0.940. The molecule has 3 N–H and O–H groups in total. The van der Waals surface area contributed by atoms with Crippen LogP contribution in [0.15, 0.2) is 4.52 Å². The van der Waals surface area contributed by atoms with Gasteiger partial charge in [0.2, 0.25) is 5.89 Å². The highest BCUT2D eigenvalue weighted by Gasteiger charge is 2.49. The van der Waals surface area contributed by atoms with Gasteiger partial charge in [-0.05, 0) is 18.8 Å². The van der Waals surface area contributed by atoms with Crippen molar-refractivity contribution in [3.8, 4) is 0 Å². The summed E-state index contributed by atoms with van der Waals surface area (Å²) in [4.78, 5) is 4.23. The van der Waals surface area contributed by atoms with E-state index in [4.69, 9.17) is 10.3 Å². The Morgan fingerprint density at radius 3 is 2.67 bits per heavy atom. The average Bonchev–Trinajstić information content (AvgIpc) is 2.64. The van der Waals surface area contributed by atoms with Gasteiger partial charge in [0.05, 0.1) is 6.10 Å². The van der Waals surface area contributed by atoms with Crippen molar-refractivity contribution in [2.24, 2.45) is 11.1 Å². The number of aliphatic hydroxyl groups is 1. The number of rotatable bonds is 3. The van der Waals surface area contributed by atoms with Gasteiger partial charge in [0.1, 0.15) is 6.04 Å². The maximum absolute atomic E-state index is 9.29. The highest BCUT2D eigenvalue weighted by Crippen LogP contribution is 2.57. The van der Waals surface area contributed by atoms with Gasteiger partial charge in [-0.2, -0.15) is 4.98 Å². The van der Waals surface area contributed by atoms with Crippen LogP contribution in [-0.4, -0.2) is 21.4 Å². The van der Waals surface area contributed by atoms with Crippen molar-refractivity contribution < 1.29 is 9.63 Å². The molecule has 3 unspecified atom stereocenters. The molecular weight excluding hydrogens is 194 g/mol. The third-order valence-corrected chi connectivity index (χ3v) is 3.09. The summed E-state index contributed by atoms with van der Waals surface area (Å²) in [6, 6.07) is -0.590. The Balaban J connectivity index is 2.12. The van der Waals surface area contributed by atoms with Crippen molar-refractivity contribution in [2.45, 2.75) is 45.3 Å². The molecule has 84 valence electrons. The van der Waals surface area contributed by atoms with E-state index in [0.717, 1.165) is 6.42 Å². The molecule has 0 aromatic carbocycles. The Morgan fingerprint density at radius 1 is 1.60 bits per heavy atom. The molecule has 1 heterocycles. The predicted molar refractivity (Wildman–Crippen MR) is 54.0 cm³/mol. The standard InChI is InChI=1S/C10H17N3O2/c1-5(14)7(11)9-12-8(13-15-9)6-4-10(6,2)3/h5-7,14H,4,11H2,1-3H3. The molecule has 0 amide bonds. The topological polar surface area (TPSA) is 85.2 Å². The normalized spacial score (nSPS) is 27.4. The molecule has 1 aliphatic rings. The molecular formula is C10H17N3O2. The number of aromatic nitrogens is 2. The summed E-state index contributed by atoms with van der Waals surface area (Å²) in [6.45, 7) is 5.94. The van der Waals surface area contributed by atoms with Crippen LogP contribution in [0.4, 0.5) is 0 Å². The predicted octanol–water partition coefficient (Wildman–Crippen LogP) is 0.964. The van der Waals surface area contributed by atoms with Gasteiger partial charge in [0, 0.05) is 5.92 Å². The Labute approximate surface area is 88.7 Å². The molecule has 1 aliphatic carbocycles. The van der Waals surface area contributed by atoms with Crippen LogP contribution in [0.3, 0.4) is 0 Å². The monoisotopic (exact) mass is 211 g/mol. The minimum atomic E-state index is -0.675. The number of nitrogens with two attached hydrogens (primary N) is 1. The third-order valence-electron chi connectivity index (χ3n) is 3.09. The second-order valence-electron chi connectivity index (χ2n) is 5.00. The molecule has 5 nitrogen and oxygen atoms in total. The molecule has 0 aliphatic heterocycles. The zero-order chi connectivity index (χ0) is 11.2. The van der Waals surface area contributed by atoms with Crippen LogP contribution in [0, 0.1) is 5.41 Å². The van der Waals surface area contributed by atoms with E-state index in [2.05, 4.69) is 24.0 Å². The van der Waals surface area contributed by atoms with E-state index in [0.29, 0.717) is 17.6 Å². The second-order valence-corrected chi connectivity index (χ2v) is 5.00. The minimum absolute atomic E-state index is 0.274. The van der Waals surface area contributed by atoms with Crippen LogP contribution in [0.2, 0.25) is 0 Å². The molecule has 15 heavy (non-hydrogen) atoms. The van der Waals surface area contributed by atoms with Crippen LogP contribution in [-0.2, 0) is 0 Å². The van der Waals surface area contributed by atoms with Crippen LogP contribution >= 0.6 is 0 Å². The summed E-state index contributed by atoms with van der Waals surface area (Å²) < 4.78 is 5.04. The molecule has 1 aromatic rings. The molecule has 1 saturated carbocycles. The van der Waals surface area contributed by atoms with Crippen molar-refractivity contribution in [3.05, 3.63) is 11.7 Å². The van der Waals surface area contributed by atoms with E-state index in [1.54, 1.807) is 6.92 Å². The van der Waals surface area contributed by atoms with E-state index in [-0.39, 0.29) is 5.41 Å². The zero-order valence-corrected chi connectivity index (χ0v) is 9.27. The number of hydrogen-bond acceptors (Lipinski definition) is 5. The van der Waals surface area contributed by atoms with Gasteiger partial charge in [-0.25, -0.2) is 0 Å². The lowest BCUT2D eigenvalue weighted by Gasteiger charge is -2.08. The largest absolute Gasteiger partial charge is 0.391 e. The highest BCUT2D eigenvalue weighted by atomic mass is 16.5. The van der Waals surface area contributed by atoms with Crippen molar-refractivity contribution in [2.75, 3.05) is 0 Å². The molecule has 3 atom stereocenters. The number of nitrogens with zero attached hydrogens (tertiary/aromatic N) is 2. The zero-order valence-electron chi connectivity index (χ0n) is 9.27. The maximum Gasteiger partial charge on any atom is 0.246 e. The van der Waals surface area contributed by atoms with Crippen molar-refractivity contribution in [1.82, 2.24) is 10.1 Å². The van der Waals surface area contributed by atoms with Crippen LogP contribution in [0.25, 0.3) is 0 Å². The summed E-state index contributed by atoms with van der Waals surface area (Å²) in [7, 11) is 0. The fourth-order valence-corrected chi connectivity index (χ4v) is 1.64. The molecule has 0 bridgehead atoms. The number of aliphatic hydroxyl groups excluding tert-OH is 1. The van der Waals surface area contributed by atoms with Gasteiger partial charge in [-0.15, -0.1) is 0 Å². The Kier molecular flexibility index (Phi) is 2.31. The fourth-order valence-electron chi connectivity index (χ4n) is 1.64. The number of hydrogen-bond donors (Lipinski definition) is 2.